The number of carbonyl (C=O) groups excluding carboxylic acids is 1. The highest BCUT2D eigenvalue weighted by molar-refractivity contribution is 5.78. The lowest BCUT2D eigenvalue weighted by Crippen LogP contribution is -2.42. The molecule has 0 radical (unpaired) electrons. The topological polar surface area (TPSA) is 84.4 Å². The first kappa shape index (κ1) is 16.3. The van der Waals surface area contributed by atoms with Gasteiger partial charge in [0, 0.05) is 18.4 Å². The lowest BCUT2D eigenvalue weighted by molar-refractivity contribution is -0.123. The second kappa shape index (κ2) is 7.00. The molecule has 1 amide bonds. The minimum atomic E-state index is -0.124. The highest BCUT2D eigenvalue weighted by Crippen LogP contribution is 2.39. The van der Waals surface area contributed by atoms with Gasteiger partial charge in [-0.25, -0.2) is 0 Å². The molecule has 1 saturated heterocycles. The summed E-state index contributed by atoms with van der Waals surface area (Å²) in [7, 11) is 0. The van der Waals surface area contributed by atoms with Gasteiger partial charge in [0.1, 0.15) is 5.76 Å². The third-order valence-electron chi connectivity index (χ3n) is 4.97. The molecule has 3 heterocycles. The molecule has 1 N–H and O–H groups in total. The monoisotopic (exact) mass is 344 g/mol. The summed E-state index contributed by atoms with van der Waals surface area (Å²) in [5.41, 5.74) is 0. The molecule has 134 valence electrons. The van der Waals surface area contributed by atoms with E-state index < -0.39 is 0 Å². The summed E-state index contributed by atoms with van der Waals surface area (Å²) in [5.74, 6) is 3.10. The van der Waals surface area contributed by atoms with Crippen LogP contribution in [0.4, 0.5) is 0 Å². The van der Waals surface area contributed by atoms with Crippen LogP contribution in [0.15, 0.2) is 27.3 Å². The fourth-order valence-corrected chi connectivity index (χ4v) is 3.42. The van der Waals surface area contributed by atoms with E-state index in [9.17, 15) is 4.79 Å². The van der Waals surface area contributed by atoms with Crippen LogP contribution in [0.2, 0.25) is 0 Å². The number of likely N-dealkylation sites (tertiary alicyclic amines) is 1. The maximum absolute atomic E-state index is 12.3. The van der Waals surface area contributed by atoms with Crippen molar-refractivity contribution >= 4 is 5.91 Å². The summed E-state index contributed by atoms with van der Waals surface area (Å²) in [6, 6.07) is 3.57. The second-order valence-corrected chi connectivity index (χ2v) is 7.14. The Hall–Kier alpha value is -2.15. The van der Waals surface area contributed by atoms with Gasteiger partial charge in [-0.1, -0.05) is 5.16 Å². The maximum atomic E-state index is 12.3. The van der Waals surface area contributed by atoms with Crippen LogP contribution in [0.25, 0.3) is 0 Å². The maximum Gasteiger partial charge on any atom is 0.234 e. The first-order valence-electron chi connectivity index (χ1n) is 9.07. The van der Waals surface area contributed by atoms with Gasteiger partial charge in [0.25, 0.3) is 0 Å². The van der Waals surface area contributed by atoms with Crippen molar-refractivity contribution in [3.8, 4) is 0 Å². The van der Waals surface area contributed by atoms with E-state index in [-0.39, 0.29) is 17.9 Å². The summed E-state index contributed by atoms with van der Waals surface area (Å²) < 4.78 is 10.7. The van der Waals surface area contributed by atoms with E-state index in [1.807, 2.05) is 19.1 Å². The molecule has 4 rings (SSSR count). The number of furan rings is 1. The fourth-order valence-electron chi connectivity index (χ4n) is 3.42. The first-order chi connectivity index (χ1) is 12.2. The van der Waals surface area contributed by atoms with Crippen LogP contribution >= 0.6 is 0 Å². The third-order valence-corrected chi connectivity index (χ3v) is 4.97. The van der Waals surface area contributed by atoms with Gasteiger partial charge >= 0.3 is 0 Å². The molecule has 2 fully saturated rings. The van der Waals surface area contributed by atoms with Crippen molar-refractivity contribution in [3.05, 3.63) is 35.9 Å². The van der Waals surface area contributed by atoms with Crippen LogP contribution < -0.4 is 5.32 Å². The summed E-state index contributed by atoms with van der Waals surface area (Å²) in [4.78, 5) is 19.1. The predicted octanol–water partition coefficient (Wildman–Crippen LogP) is 2.60. The van der Waals surface area contributed by atoms with Crippen molar-refractivity contribution in [1.82, 2.24) is 20.4 Å². The average Bonchev–Trinajstić information content (AvgIpc) is 3.12. The predicted molar refractivity (Wildman–Crippen MR) is 90.0 cm³/mol. The number of rotatable bonds is 6. The lowest BCUT2D eigenvalue weighted by Gasteiger charge is -2.30. The van der Waals surface area contributed by atoms with Gasteiger partial charge in [-0.2, -0.15) is 4.98 Å². The van der Waals surface area contributed by atoms with Crippen molar-refractivity contribution < 1.29 is 13.7 Å². The zero-order chi connectivity index (χ0) is 17.2. The zero-order valence-electron chi connectivity index (χ0n) is 14.5. The van der Waals surface area contributed by atoms with Gasteiger partial charge in [-0.15, -0.1) is 0 Å². The second-order valence-electron chi connectivity index (χ2n) is 7.14. The molecule has 1 aliphatic carbocycles. The number of piperidine rings is 1. The summed E-state index contributed by atoms with van der Waals surface area (Å²) in [5, 5.41) is 7.16. The number of aromatic nitrogens is 2. The Balaban J connectivity index is 1.30. The van der Waals surface area contributed by atoms with Gasteiger partial charge < -0.3 is 14.3 Å². The minimum Gasteiger partial charge on any atom is -0.467 e. The van der Waals surface area contributed by atoms with Gasteiger partial charge in [0.05, 0.1) is 18.8 Å². The van der Waals surface area contributed by atoms with Gasteiger partial charge in [0.2, 0.25) is 11.8 Å². The fraction of sp³-hybridized carbons (Fsp3) is 0.611. The Morgan fingerprint density at radius 2 is 2.28 bits per heavy atom. The van der Waals surface area contributed by atoms with E-state index in [0.717, 1.165) is 56.2 Å². The summed E-state index contributed by atoms with van der Waals surface area (Å²) >= 11 is 0. The number of hydrogen-bond acceptors (Lipinski definition) is 6. The van der Waals surface area contributed by atoms with E-state index in [4.69, 9.17) is 8.94 Å². The number of nitrogens with zero attached hydrogens (tertiary/aromatic N) is 3. The molecule has 2 atom stereocenters. The highest BCUT2D eigenvalue weighted by Gasteiger charge is 2.32. The van der Waals surface area contributed by atoms with Crippen LogP contribution in [0.1, 0.15) is 68.0 Å². The third kappa shape index (κ3) is 3.92. The Kier molecular flexibility index (Phi) is 4.57. The molecule has 2 aromatic rings. The smallest absolute Gasteiger partial charge is 0.234 e. The van der Waals surface area contributed by atoms with Crippen LogP contribution in [-0.2, 0) is 4.79 Å². The number of hydrogen-bond donors (Lipinski definition) is 1. The molecule has 0 unspecified atom stereocenters. The van der Waals surface area contributed by atoms with Crippen LogP contribution in [0.3, 0.4) is 0 Å². The van der Waals surface area contributed by atoms with Crippen LogP contribution in [0.5, 0.6) is 0 Å². The molecule has 0 bridgehead atoms. The Morgan fingerprint density at radius 3 is 3.04 bits per heavy atom. The Labute approximate surface area is 146 Å². The van der Waals surface area contributed by atoms with Crippen molar-refractivity contribution in [2.45, 2.75) is 50.5 Å². The van der Waals surface area contributed by atoms with E-state index in [1.54, 1.807) is 6.26 Å². The normalized spacial score (nSPS) is 22.7. The molecule has 1 aliphatic heterocycles. The summed E-state index contributed by atoms with van der Waals surface area (Å²) in [6.07, 6.45) is 6.02. The molecular formula is C18H24N4O3. The molecule has 7 heteroatoms. The standard InChI is InChI=1S/C18H24N4O3/c1-12(15-5-3-9-24-15)19-16(23)11-22-8-2-4-14(10-22)17-20-18(25-21-17)13-6-7-13/h3,5,9,12-14H,2,4,6-8,10-11H2,1H3,(H,19,23)/t12-,14+/m1/s1. The molecular weight excluding hydrogens is 320 g/mol. The first-order valence-corrected chi connectivity index (χ1v) is 9.07. The van der Waals surface area contributed by atoms with Gasteiger partial charge in [-0.3, -0.25) is 9.69 Å². The van der Waals surface area contributed by atoms with Crippen molar-refractivity contribution in [2.75, 3.05) is 19.6 Å². The largest absolute Gasteiger partial charge is 0.467 e. The quantitative estimate of drug-likeness (QED) is 0.867. The summed E-state index contributed by atoms with van der Waals surface area (Å²) in [6.45, 7) is 4.03. The zero-order valence-corrected chi connectivity index (χ0v) is 14.5. The van der Waals surface area contributed by atoms with E-state index in [0.29, 0.717) is 12.5 Å². The Bertz CT molecular complexity index is 708. The number of amides is 1. The molecule has 1 saturated carbocycles. The Morgan fingerprint density at radius 1 is 1.40 bits per heavy atom. The molecule has 0 aromatic carbocycles. The van der Waals surface area contributed by atoms with E-state index in [2.05, 4.69) is 20.4 Å². The molecule has 2 aliphatic rings. The average molecular weight is 344 g/mol. The molecule has 25 heavy (non-hydrogen) atoms. The van der Waals surface area contributed by atoms with Crippen LogP contribution in [0, 0.1) is 0 Å². The molecule has 2 aromatic heterocycles. The number of nitrogens with one attached hydrogen (secondary N) is 1. The lowest BCUT2D eigenvalue weighted by atomic mass is 9.97. The SMILES string of the molecule is C[C@@H](NC(=O)CN1CCC[C@H](c2noc(C3CC3)n2)C1)c1ccco1. The van der Waals surface area contributed by atoms with Crippen molar-refractivity contribution in [3.63, 3.8) is 0 Å². The van der Waals surface area contributed by atoms with E-state index >= 15 is 0 Å². The van der Waals surface area contributed by atoms with E-state index in [1.165, 1.54) is 0 Å². The number of carbonyl (C=O) groups is 1. The minimum absolute atomic E-state index is 0.0105. The molecule has 0 spiro atoms. The highest BCUT2D eigenvalue weighted by atomic mass is 16.5. The molecule has 7 nitrogen and oxygen atoms in total. The van der Waals surface area contributed by atoms with Crippen LogP contribution in [-0.4, -0.2) is 40.6 Å². The van der Waals surface area contributed by atoms with Gasteiger partial charge in [0.15, 0.2) is 5.82 Å². The van der Waals surface area contributed by atoms with Gasteiger partial charge in [-0.05, 0) is 51.3 Å². The van der Waals surface area contributed by atoms with Crippen molar-refractivity contribution in [2.24, 2.45) is 0 Å². The van der Waals surface area contributed by atoms with Crippen molar-refractivity contribution in [1.29, 1.82) is 0 Å².